The zero-order valence-electron chi connectivity index (χ0n) is 17.4. The standard InChI is InChI=1S/C21H31BN2O3/c1-13-10-14(2)18(23-19(25)24-15-8-7-9-16(24)11-15)12-17(13)22-26-20(3,4)21(5,6)27-22/h10,12,15-16H,7-9,11H2,1-6H3,(H,23,25). The van der Waals surface area contributed by atoms with E-state index in [0.29, 0.717) is 12.1 Å². The van der Waals surface area contributed by atoms with Gasteiger partial charge in [-0.3, -0.25) is 0 Å². The van der Waals surface area contributed by atoms with Crippen molar-refractivity contribution >= 4 is 24.3 Å². The van der Waals surface area contributed by atoms with E-state index in [1.54, 1.807) is 0 Å². The van der Waals surface area contributed by atoms with Crippen molar-refractivity contribution in [2.45, 2.75) is 90.5 Å². The van der Waals surface area contributed by atoms with Crippen molar-refractivity contribution in [3.8, 4) is 0 Å². The highest BCUT2D eigenvalue weighted by Crippen LogP contribution is 2.39. The van der Waals surface area contributed by atoms with Gasteiger partial charge in [-0.15, -0.1) is 0 Å². The molecule has 0 aliphatic carbocycles. The van der Waals surface area contributed by atoms with Gasteiger partial charge in [0.25, 0.3) is 0 Å². The summed E-state index contributed by atoms with van der Waals surface area (Å²) in [5.41, 5.74) is 3.25. The van der Waals surface area contributed by atoms with Crippen molar-refractivity contribution in [1.29, 1.82) is 0 Å². The van der Waals surface area contributed by atoms with Gasteiger partial charge in [0.2, 0.25) is 0 Å². The minimum Gasteiger partial charge on any atom is -0.399 e. The zero-order valence-corrected chi connectivity index (χ0v) is 17.4. The fraction of sp³-hybridized carbons (Fsp3) is 0.667. The first-order valence-corrected chi connectivity index (χ1v) is 10.2. The average Bonchev–Trinajstić information content (AvgIpc) is 2.78. The summed E-state index contributed by atoms with van der Waals surface area (Å²) < 4.78 is 12.5. The highest BCUT2D eigenvalue weighted by atomic mass is 16.7. The fourth-order valence-corrected chi connectivity index (χ4v) is 4.54. The van der Waals surface area contributed by atoms with E-state index in [1.807, 2.05) is 17.9 Å². The van der Waals surface area contributed by atoms with Gasteiger partial charge >= 0.3 is 13.1 Å². The molecule has 0 radical (unpaired) electrons. The van der Waals surface area contributed by atoms with E-state index >= 15 is 0 Å². The molecular formula is C21H31BN2O3. The molecule has 1 aromatic carbocycles. The quantitative estimate of drug-likeness (QED) is 0.807. The van der Waals surface area contributed by atoms with E-state index in [9.17, 15) is 4.79 Å². The van der Waals surface area contributed by atoms with Gasteiger partial charge in [-0.25, -0.2) is 4.79 Å². The second kappa shape index (κ2) is 6.24. The van der Waals surface area contributed by atoms with E-state index in [-0.39, 0.29) is 17.2 Å². The summed E-state index contributed by atoms with van der Waals surface area (Å²) >= 11 is 0. The maximum Gasteiger partial charge on any atom is 0.495 e. The van der Waals surface area contributed by atoms with Gasteiger partial charge < -0.3 is 19.5 Å². The van der Waals surface area contributed by atoms with Gasteiger partial charge in [-0.05, 0) is 84.3 Å². The summed E-state index contributed by atoms with van der Waals surface area (Å²) in [6.45, 7) is 12.3. The number of amides is 2. The number of hydrogen-bond acceptors (Lipinski definition) is 3. The molecule has 1 aromatic rings. The normalized spacial score (nSPS) is 28.1. The lowest BCUT2D eigenvalue weighted by atomic mass is 9.75. The largest absolute Gasteiger partial charge is 0.495 e. The molecular weight excluding hydrogens is 339 g/mol. The minimum absolute atomic E-state index is 0.0303. The van der Waals surface area contributed by atoms with Crippen LogP contribution in [0, 0.1) is 13.8 Å². The smallest absolute Gasteiger partial charge is 0.399 e. The predicted octanol–water partition coefficient (Wildman–Crippen LogP) is 3.76. The van der Waals surface area contributed by atoms with Crippen LogP contribution in [0.5, 0.6) is 0 Å². The van der Waals surface area contributed by atoms with Crippen molar-refractivity contribution in [2.24, 2.45) is 0 Å². The molecule has 1 N–H and O–H groups in total. The van der Waals surface area contributed by atoms with Crippen LogP contribution in [0.15, 0.2) is 12.1 Å². The molecule has 3 heterocycles. The van der Waals surface area contributed by atoms with Crippen molar-refractivity contribution in [3.63, 3.8) is 0 Å². The SMILES string of the molecule is Cc1cc(C)c(B2OC(C)(C)C(C)(C)O2)cc1NC(=O)N1C2CCCC1C2. The summed E-state index contributed by atoms with van der Waals surface area (Å²) in [4.78, 5) is 14.9. The van der Waals surface area contributed by atoms with Crippen LogP contribution in [0.25, 0.3) is 0 Å². The Bertz CT molecular complexity index is 747. The van der Waals surface area contributed by atoms with Gasteiger partial charge in [-0.1, -0.05) is 11.6 Å². The summed E-state index contributed by atoms with van der Waals surface area (Å²) in [5, 5.41) is 3.15. The van der Waals surface area contributed by atoms with Crippen molar-refractivity contribution < 1.29 is 14.1 Å². The molecule has 2 atom stereocenters. The third-order valence-corrected chi connectivity index (χ3v) is 7.00. The Balaban J connectivity index is 1.56. The van der Waals surface area contributed by atoms with Crippen molar-refractivity contribution in [3.05, 3.63) is 23.3 Å². The molecule has 5 nitrogen and oxygen atoms in total. The number of nitrogens with one attached hydrogen (secondary N) is 1. The lowest BCUT2D eigenvalue weighted by molar-refractivity contribution is 0.00578. The third-order valence-electron chi connectivity index (χ3n) is 7.00. The number of anilines is 1. The molecule has 2 bridgehead atoms. The van der Waals surface area contributed by atoms with Crippen molar-refractivity contribution in [2.75, 3.05) is 5.32 Å². The van der Waals surface area contributed by atoms with Crippen LogP contribution < -0.4 is 10.8 Å². The van der Waals surface area contributed by atoms with Crippen LogP contribution in [0.4, 0.5) is 10.5 Å². The number of benzene rings is 1. The highest BCUT2D eigenvalue weighted by Gasteiger charge is 2.52. The molecule has 3 aliphatic heterocycles. The maximum absolute atomic E-state index is 12.8. The second-order valence-electron chi connectivity index (χ2n) is 9.42. The number of piperidine rings is 1. The van der Waals surface area contributed by atoms with Crippen LogP contribution in [0.2, 0.25) is 0 Å². The molecule has 2 amide bonds. The Labute approximate surface area is 162 Å². The molecule has 3 fully saturated rings. The van der Waals surface area contributed by atoms with E-state index < -0.39 is 7.12 Å². The number of fused-ring (bicyclic) bond motifs is 2. The van der Waals surface area contributed by atoms with E-state index in [4.69, 9.17) is 9.31 Å². The Morgan fingerprint density at radius 3 is 2.22 bits per heavy atom. The van der Waals surface area contributed by atoms with Gasteiger partial charge in [0.15, 0.2) is 0 Å². The van der Waals surface area contributed by atoms with E-state index in [2.05, 4.69) is 46.0 Å². The first-order valence-electron chi connectivity index (χ1n) is 10.2. The predicted molar refractivity (Wildman–Crippen MR) is 109 cm³/mol. The van der Waals surface area contributed by atoms with Crippen LogP contribution in [-0.4, -0.2) is 41.3 Å². The monoisotopic (exact) mass is 370 g/mol. The number of rotatable bonds is 2. The maximum atomic E-state index is 12.8. The average molecular weight is 370 g/mol. The molecule has 2 unspecified atom stereocenters. The molecule has 0 saturated carbocycles. The topological polar surface area (TPSA) is 50.8 Å². The number of carbonyl (C=O) groups excluding carboxylic acids is 1. The Kier molecular flexibility index (Phi) is 4.35. The summed E-state index contributed by atoms with van der Waals surface area (Å²) in [5.74, 6) is 0. The van der Waals surface area contributed by atoms with Crippen LogP contribution in [0.1, 0.15) is 64.5 Å². The van der Waals surface area contributed by atoms with Crippen LogP contribution in [-0.2, 0) is 9.31 Å². The molecule has 3 saturated heterocycles. The highest BCUT2D eigenvalue weighted by molar-refractivity contribution is 6.62. The molecule has 0 spiro atoms. The van der Waals surface area contributed by atoms with Gasteiger partial charge in [-0.2, -0.15) is 0 Å². The van der Waals surface area contributed by atoms with Gasteiger partial charge in [0.05, 0.1) is 11.2 Å². The van der Waals surface area contributed by atoms with Crippen LogP contribution in [0.3, 0.4) is 0 Å². The molecule has 3 aliphatic rings. The second-order valence-corrected chi connectivity index (χ2v) is 9.42. The first kappa shape index (κ1) is 18.8. The lowest BCUT2D eigenvalue weighted by Gasteiger charge is -2.52. The number of carbonyl (C=O) groups is 1. The van der Waals surface area contributed by atoms with Crippen molar-refractivity contribution in [1.82, 2.24) is 4.90 Å². The first-order chi connectivity index (χ1) is 12.6. The third kappa shape index (κ3) is 3.07. The van der Waals surface area contributed by atoms with Gasteiger partial charge in [0.1, 0.15) is 0 Å². The molecule has 0 aromatic heterocycles. The summed E-state index contributed by atoms with van der Waals surface area (Å²) in [7, 11) is -0.422. The number of nitrogens with zero attached hydrogens (tertiary/aromatic N) is 1. The molecule has 6 heteroatoms. The Morgan fingerprint density at radius 2 is 1.67 bits per heavy atom. The van der Waals surface area contributed by atoms with Gasteiger partial charge in [0, 0.05) is 17.8 Å². The van der Waals surface area contributed by atoms with Crippen LogP contribution >= 0.6 is 0 Å². The summed E-state index contributed by atoms with van der Waals surface area (Å²) in [6, 6.07) is 5.02. The lowest BCUT2D eigenvalue weighted by Crippen LogP contribution is -2.62. The zero-order chi connectivity index (χ0) is 19.6. The Morgan fingerprint density at radius 1 is 1.07 bits per heavy atom. The summed E-state index contributed by atoms with van der Waals surface area (Å²) in [6.07, 6.45) is 4.68. The minimum atomic E-state index is -0.422. The van der Waals surface area contributed by atoms with E-state index in [0.717, 1.165) is 35.1 Å². The number of hydrogen-bond donors (Lipinski definition) is 1. The fourth-order valence-electron chi connectivity index (χ4n) is 4.54. The molecule has 27 heavy (non-hydrogen) atoms. The number of aryl methyl sites for hydroxylation is 2. The Hall–Kier alpha value is -1.53. The molecule has 146 valence electrons. The number of urea groups is 1. The van der Waals surface area contributed by atoms with E-state index in [1.165, 1.54) is 12.8 Å². The molecule has 4 rings (SSSR count).